The van der Waals surface area contributed by atoms with E-state index in [4.69, 9.17) is 0 Å². The van der Waals surface area contributed by atoms with Gasteiger partial charge in [-0.1, -0.05) is 30.3 Å². The molecule has 120 valence electrons. The standard InChI is InChI=1S/C18H27N3O/c1-14(15-6-4-3-5-7-15)20(2)18(22)13-21-11-9-17-16(12-21)8-10-19-17/h3-7,14,16-17,19H,8-13H2,1-2H3. The van der Waals surface area contributed by atoms with Crippen LogP contribution in [0.25, 0.3) is 0 Å². The van der Waals surface area contributed by atoms with Gasteiger partial charge in [0.1, 0.15) is 0 Å². The van der Waals surface area contributed by atoms with Gasteiger partial charge in [-0.25, -0.2) is 0 Å². The molecule has 3 rings (SSSR count). The van der Waals surface area contributed by atoms with Gasteiger partial charge in [-0.05, 0) is 37.8 Å². The van der Waals surface area contributed by atoms with Crippen LogP contribution in [-0.4, -0.2) is 55.0 Å². The summed E-state index contributed by atoms with van der Waals surface area (Å²) in [5.41, 5.74) is 1.19. The zero-order chi connectivity index (χ0) is 15.5. The molecule has 0 spiro atoms. The summed E-state index contributed by atoms with van der Waals surface area (Å²) in [6.07, 6.45) is 2.43. The first-order valence-electron chi connectivity index (χ1n) is 8.41. The van der Waals surface area contributed by atoms with Crippen molar-refractivity contribution in [2.24, 2.45) is 5.92 Å². The van der Waals surface area contributed by atoms with Crippen LogP contribution in [0.5, 0.6) is 0 Å². The van der Waals surface area contributed by atoms with Crippen molar-refractivity contribution < 1.29 is 4.79 Å². The molecule has 2 heterocycles. The molecule has 1 N–H and O–H groups in total. The zero-order valence-electron chi connectivity index (χ0n) is 13.7. The van der Waals surface area contributed by atoms with Gasteiger partial charge in [-0.3, -0.25) is 9.69 Å². The second kappa shape index (κ2) is 6.80. The Morgan fingerprint density at radius 3 is 2.91 bits per heavy atom. The number of piperidine rings is 1. The molecule has 0 aromatic heterocycles. The third-order valence-corrected chi connectivity index (χ3v) is 5.35. The number of nitrogens with zero attached hydrogens (tertiary/aromatic N) is 2. The molecule has 2 fully saturated rings. The number of nitrogens with one attached hydrogen (secondary N) is 1. The van der Waals surface area contributed by atoms with Gasteiger partial charge < -0.3 is 10.2 Å². The third-order valence-electron chi connectivity index (χ3n) is 5.35. The average Bonchev–Trinajstić information content (AvgIpc) is 3.02. The molecule has 4 nitrogen and oxygen atoms in total. The van der Waals surface area contributed by atoms with Crippen molar-refractivity contribution in [2.75, 3.05) is 33.2 Å². The molecule has 2 aliphatic rings. The maximum atomic E-state index is 12.6. The van der Waals surface area contributed by atoms with Crippen LogP contribution in [0.15, 0.2) is 30.3 Å². The van der Waals surface area contributed by atoms with E-state index in [1.54, 1.807) is 0 Å². The van der Waals surface area contributed by atoms with Crippen LogP contribution in [-0.2, 0) is 4.79 Å². The van der Waals surface area contributed by atoms with Gasteiger partial charge >= 0.3 is 0 Å². The summed E-state index contributed by atoms with van der Waals surface area (Å²) in [5, 5.41) is 3.57. The lowest BCUT2D eigenvalue weighted by atomic mass is 9.93. The fraction of sp³-hybridized carbons (Fsp3) is 0.611. The predicted octanol–water partition coefficient (Wildman–Crippen LogP) is 1.89. The topological polar surface area (TPSA) is 35.6 Å². The molecule has 0 saturated carbocycles. The maximum Gasteiger partial charge on any atom is 0.236 e. The smallest absolute Gasteiger partial charge is 0.236 e. The minimum Gasteiger partial charge on any atom is -0.338 e. The number of carbonyl (C=O) groups excluding carboxylic acids is 1. The van der Waals surface area contributed by atoms with Gasteiger partial charge in [-0.15, -0.1) is 0 Å². The molecule has 0 aliphatic carbocycles. The Bertz CT molecular complexity index is 504. The van der Waals surface area contributed by atoms with Gasteiger partial charge in [0.2, 0.25) is 5.91 Å². The van der Waals surface area contributed by atoms with Crippen molar-refractivity contribution in [1.82, 2.24) is 15.1 Å². The highest BCUT2D eigenvalue weighted by Crippen LogP contribution is 2.25. The first kappa shape index (κ1) is 15.5. The van der Waals surface area contributed by atoms with Gasteiger partial charge in [0.05, 0.1) is 12.6 Å². The van der Waals surface area contributed by atoms with Gasteiger partial charge in [0, 0.05) is 26.2 Å². The highest BCUT2D eigenvalue weighted by Gasteiger charge is 2.33. The predicted molar refractivity (Wildman–Crippen MR) is 88.6 cm³/mol. The molecule has 3 atom stereocenters. The van der Waals surface area contributed by atoms with Gasteiger partial charge in [0.25, 0.3) is 0 Å². The fourth-order valence-electron chi connectivity index (χ4n) is 3.74. The number of benzene rings is 1. The SMILES string of the molecule is CC(c1ccccc1)N(C)C(=O)CN1CCC2NCCC2C1. The van der Waals surface area contributed by atoms with E-state index < -0.39 is 0 Å². The van der Waals surface area contributed by atoms with Crippen molar-refractivity contribution in [3.63, 3.8) is 0 Å². The molecule has 1 aromatic rings. The van der Waals surface area contributed by atoms with Crippen molar-refractivity contribution in [3.05, 3.63) is 35.9 Å². The van der Waals surface area contributed by atoms with Crippen LogP contribution >= 0.6 is 0 Å². The highest BCUT2D eigenvalue weighted by atomic mass is 16.2. The van der Waals surface area contributed by atoms with Gasteiger partial charge in [0.15, 0.2) is 0 Å². The minimum atomic E-state index is 0.124. The number of amides is 1. The van der Waals surface area contributed by atoms with E-state index in [1.807, 2.05) is 30.1 Å². The lowest BCUT2D eigenvalue weighted by Gasteiger charge is -2.36. The molecular weight excluding hydrogens is 274 g/mol. The van der Waals surface area contributed by atoms with Crippen LogP contribution < -0.4 is 5.32 Å². The molecule has 22 heavy (non-hydrogen) atoms. The zero-order valence-corrected chi connectivity index (χ0v) is 13.7. The van der Waals surface area contributed by atoms with E-state index in [-0.39, 0.29) is 11.9 Å². The van der Waals surface area contributed by atoms with Crippen LogP contribution in [0.4, 0.5) is 0 Å². The Morgan fingerprint density at radius 2 is 2.14 bits per heavy atom. The third kappa shape index (κ3) is 3.33. The molecule has 0 bridgehead atoms. The second-order valence-electron chi connectivity index (χ2n) is 6.72. The summed E-state index contributed by atoms with van der Waals surface area (Å²) in [7, 11) is 1.92. The first-order chi connectivity index (χ1) is 10.6. The molecule has 1 amide bonds. The number of hydrogen-bond acceptors (Lipinski definition) is 3. The van der Waals surface area contributed by atoms with E-state index in [9.17, 15) is 4.79 Å². The lowest BCUT2D eigenvalue weighted by molar-refractivity contribution is -0.133. The van der Waals surface area contributed by atoms with E-state index >= 15 is 0 Å². The Labute approximate surface area is 133 Å². The fourth-order valence-corrected chi connectivity index (χ4v) is 3.74. The van der Waals surface area contributed by atoms with Crippen molar-refractivity contribution >= 4 is 5.91 Å². The maximum absolute atomic E-state index is 12.6. The Kier molecular flexibility index (Phi) is 4.79. The molecular formula is C18H27N3O. The van der Waals surface area contributed by atoms with Crippen molar-refractivity contribution in [1.29, 1.82) is 0 Å². The van der Waals surface area contributed by atoms with Crippen LogP contribution in [0.2, 0.25) is 0 Å². The van der Waals surface area contributed by atoms with Crippen molar-refractivity contribution in [2.45, 2.75) is 31.8 Å². The number of fused-ring (bicyclic) bond motifs is 1. The first-order valence-corrected chi connectivity index (χ1v) is 8.41. The van der Waals surface area contributed by atoms with Crippen molar-refractivity contribution in [3.8, 4) is 0 Å². The summed E-state index contributed by atoms with van der Waals surface area (Å²) >= 11 is 0. The van der Waals surface area contributed by atoms with Crippen LogP contribution in [0.1, 0.15) is 31.4 Å². The normalized spacial score (nSPS) is 26.5. The summed E-state index contributed by atoms with van der Waals surface area (Å²) < 4.78 is 0. The summed E-state index contributed by atoms with van der Waals surface area (Å²) in [4.78, 5) is 16.8. The minimum absolute atomic E-state index is 0.124. The number of hydrogen-bond donors (Lipinski definition) is 1. The molecule has 2 aliphatic heterocycles. The highest BCUT2D eigenvalue weighted by molar-refractivity contribution is 5.78. The van der Waals surface area contributed by atoms with E-state index in [0.29, 0.717) is 12.6 Å². The quantitative estimate of drug-likeness (QED) is 0.922. The van der Waals surface area contributed by atoms with Crippen LogP contribution in [0, 0.1) is 5.92 Å². The lowest BCUT2D eigenvalue weighted by Crippen LogP contribution is -2.48. The summed E-state index contributed by atoms with van der Waals surface area (Å²) in [5.74, 6) is 0.958. The number of likely N-dealkylation sites (tertiary alicyclic amines) is 1. The average molecular weight is 301 g/mol. The monoisotopic (exact) mass is 301 g/mol. The van der Waals surface area contributed by atoms with E-state index in [2.05, 4.69) is 29.3 Å². The number of rotatable bonds is 4. The summed E-state index contributed by atoms with van der Waals surface area (Å²) in [6.45, 7) is 5.89. The number of carbonyl (C=O) groups is 1. The summed E-state index contributed by atoms with van der Waals surface area (Å²) in [6, 6.07) is 11.1. The molecule has 3 unspecified atom stereocenters. The van der Waals surface area contributed by atoms with Gasteiger partial charge in [-0.2, -0.15) is 0 Å². The number of likely N-dealkylation sites (N-methyl/N-ethyl adjacent to an activating group) is 1. The molecule has 2 saturated heterocycles. The van der Waals surface area contributed by atoms with E-state index in [0.717, 1.165) is 25.6 Å². The van der Waals surface area contributed by atoms with Crippen LogP contribution in [0.3, 0.4) is 0 Å². The Morgan fingerprint density at radius 1 is 1.36 bits per heavy atom. The van der Waals surface area contributed by atoms with E-state index in [1.165, 1.54) is 18.4 Å². The largest absolute Gasteiger partial charge is 0.338 e. The molecule has 1 aromatic carbocycles. The molecule has 4 heteroatoms. The molecule has 0 radical (unpaired) electrons. The Hall–Kier alpha value is -1.39. The Balaban J connectivity index is 1.55. The second-order valence-corrected chi connectivity index (χ2v) is 6.72.